The Morgan fingerprint density at radius 1 is 1.32 bits per heavy atom. The Morgan fingerprint density at radius 2 is 2.11 bits per heavy atom. The lowest BCUT2D eigenvalue weighted by molar-refractivity contribution is 0.103. The largest absolute Gasteiger partial charge is 0.491 e. The zero-order valence-electron chi connectivity index (χ0n) is 11.5. The van der Waals surface area contributed by atoms with Crippen LogP contribution in [0.4, 0.5) is 0 Å². The third kappa shape index (κ3) is 5.05. The third-order valence-electron chi connectivity index (χ3n) is 3.37. The fourth-order valence-corrected chi connectivity index (χ4v) is 2.17. The van der Waals surface area contributed by atoms with E-state index in [0.29, 0.717) is 19.2 Å². The van der Waals surface area contributed by atoms with Gasteiger partial charge in [-0.05, 0) is 38.3 Å². The topological polar surface area (TPSA) is 41.5 Å². The number of hydrogen-bond acceptors (Lipinski definition) is 3. The molecule has 0 spiro atoms. The van der Waals surface area contributed by atoms with Crippen molar-refractivity contribution in [1.82, 2.24) is 5.32 Å². The maximum atomic E-state index is 9.89. The van der Waals surface area contributed by atoms with Crippen molar-refractivity contribution >= 4 is 0 Å². The Hall–Kier alpha value is -1.32. The highest BCUT2D eigenvalue weighted by Gasteiger charge is 2.12. The fraction of sp³-hybridized carbons (Fsp3) is 0.500. The summed E-state index contributed by atoms with van der Waals surface area (Å²) in [5.74, 6) is 0.810. The Labute approximate surface area is 115 Å². The standard InChI is InChI=1S/C16H23NO2/c1-13-7-9-16(10-8-13)19-12-15(18)11-17-14-5-3-2-4-6-14/h2-3,7-10,14-15,17-18H,4-6,11-12H2,1H3. The molecule has 19 heavy (non-hydrogen) atoms. The second kappa shape index (κ2) is 7.31. The molecular formula is C16H23NO2. The molecule has 2 rings (SSSR count). The van der Waals surface area contributed by atoms with Crippen molar-refractivity contribution < 1.29 is 9.84 Å². The molecule has 0 aliphatic heterocycles. The average molecular weight is 261 g/mol. The Bertz CT molecular complexity index is 400. The number of rotatable bonds is 6. The van der Waals surface area contributed by atoms with Crippen molar-refractivity contribution in [1.29, 1.82) is 0 Å². The van der Waals surface area contributed by atoms with Gasteiger partial charge in [0.05, 0.1) is 0 Å². The van der Waals surface area contributed by atoms with Crippen LogP contribution in [0.3, 0.4) is 0 Å². The lowest BCUT2D eigenvalue weighted by Gasteiger charge is -2.21. The van der Waals surface area contributed by atoms with Crippen LogP contribution in [0.25, 0.3) is 0 Å². The van der Waals surface area contributed by atoms with Gasteiger partial charge < -0.3 is 15.2 Å². The van der Waals surface area contributed by atoms with Crippen molar-refractivity contribution in [2.24, 2.45) is 0 Å². The van der Waals surface area contributed by atoms with Crippen molar-refractivity contribution in [3.63, 3.8) is 0 Å². The van der Waals surface area contributed by atoms with E-state index in [-0.39, 0.29) is 0 Å². The number of aliphatic hydroxyl groups is 1. The summed E-state index contributed by atoms with van der Waals surface area (Å²) < 4.78 is 5.56. The average Bonchev–Trinajstić information content (AvgIpc) is 2.45. The summed E-state index contributed by atoms with van der Waals surface area (Å²) in [6, 6.07) is 8.38. The normalized spacial score (nSPS) is 20.2. The maximum absolute atomic E-state index is 9.89. The highest BCUT2D eigenvalue weighted by molar-refractivity contribution is 5.26. The molecule has 0 fully saturated rings. The fourth-order valence-electron chi connectivity index (χ4n) is 2.17. The van der Waals surface area contributed by atoms with Gasteiger partial charge in [-0.3, -0.25) is 0 Å². The van der Waals surface area contributed by atoms with Gasteiger partial charge in [0, 0.05) is 12.6 Å². The van der Waals surface area contributed by atoms with Gasteiger partial charge in [-0.2, -0.15) is 0 Å². The predicted molar refractivity (Wildman–Crippen MR) is 77.5 cm³/mol. The molecule has 104 valence electrons. The highest BCUT2D eigenvalue weighted by Crippen LogP contribution is 2.12. The van der Waals surface area contributed by atoms with Crippen LogP contribution in [0.15, 0.2) is 36.4 Å². The van der Waals surface area contributed by atoms with Crippen molar-refractivity contribution in [2.75, 3.05) is 13.2 Å². The second-order valence-electron chi connectivity index (χ2n) is 5.17. The second-order valence-corrected chi connectivity index (χ2v) is 5.17. The molecule has 3 nitrogen and oxygen atoms in total. The number of benzene rings is 1. The molecule has 1 aromatic rings. The molecule has 1 aliphatic rings. The van der Waals surface area contributed by atoms with E-state index in [2.05, 4.69) is 17.5 Å². The van der Waals surface area contributed by atoms with Crippen LogP contribution >= 0.6 is 0 Å². The monoisotopic (exact) mass is 261 g/mol. The van der Waals surface area contributed by atoms with Crippen LogP contribution in [0.2, 0.25) is 0 Å². The lowest BCUT2D eigenvalue weighted by atomic mass is 10.0. The molecule has 2 atom stereocenters. The molecule has 0 saturated heterocycles. The molecule has 0 amide bonds. The van der Waals surface area contributed by atoms with Gasteiger partial charge in [0.2, 0.25) is 0 Å². The predicted octanol–water partition coefficient (Wildman–Crippen LogP) is 2.43. The maximum Gasteiger partial charge on any atom is 0.119 e. The summed E-state index contributed by atoms with van der Waals surface area (Å²) in [4.78, 5) is 0. The minimum absolute atomic E-state index is 0.332. The van der Waals surface area contributed by atoms with E-state index in [4.69, 9.17) is 4.74 Å². The van der Waals surface area contributed by atoms with E-state index in [9.17, 15) is 5.11 Å². The van der Waals surface area contributed by atoms with E-state index < -0.39 is 6.10 Å². The lowest BCUT2D eigenvalue weighted by Crippen LogP contribution is -2.38. The zero-order valence-corrected chi connectivity index (χ0v) is 11.5. The molecule has 1 aliphatic carbocycles. The molecular weight excluding hydrogens is 238 g/mol. The first-order valence-electron chi connectivity index (χ1n) is 7.00. The number of allylic oxidation sites excluding steroid dienone is 1. The zero-order chi connectivity index (χ0) is 13.5. The summed E-state index contributed by atoms with van der Waals surface area (Å²) >= 11 is 0. The Balaban J connectivity index is 1.65. The summed E-state index contributed by atoms with van der Waals surface area (Å²) in [6.45, 7) is 2.96. The molecule has 0 bridgehead atoms. The number of hydrogen-bond donors (Lipinski definition) is 2. The summed E-state index contributed by atoms with van der Waals surface area (Å²) in [7, 11) is 0. The molecule has 3 heteroatoms. The van der Waals surface area contributed by atoms with Crippen LogP contribution < -0.4 is 10.1 Å². The highest BCUT2D eigenvalue weighted by atomic mass is 16.5. The molecule has 0 saturated carbocycles. The van der Waals surface area contributed by atoms with Crippen LogP contribution in [-0.4, -0.2) is 30.4 Å². The SMILES string of the molecule is Cc1ccc(OCC(O)CNC2CC=CCC2)cc1. The molecule has 0 radical (unpaired) electrons. The number of nitrogens with one attached hydrogen (secondary N) is 1. The summed E-state index contributed by atoms with van der Waals surface area (Å²) in [6.07, 6.45) is 7.30. The van der Waals surface area contributed by atoms with Gasteiger partial charge in [0.25, 0.3) is 0 Å². The van der Waals surface area contributed by atoms with E-state index in [1.54, 1.807) is 0 Å². The van der Waals surface area contributed by atoms with Gasteiger partial charge in [-0.25, -0.2) is 0 Å². The number of aryl methyl sites for hydroxylation is 1. The van der Waals surface area contributed by atoms with Crippen molar-refractivity contribution in [2.45, 2.75) is 38.3 Å². The van der Waals surface area contributed by atoms with Gasteiger partial charge in [-0.1, -0.05) is 29.8 Å². The molecule has 2 N–H and O–H groups in total. The van der Waals surface area contributed by atoms with E-state index in [1.807, 2.05) is 31.2 Å². The van der Waals surface area contributed by atoms with Gasteiger partial charge in [-0.15, -0.1) is 0 Å². The van der Waals surface area contributed by atoms with Crippen molar-refractivity contribution in [3.05, 3.63) is 42.0 Å². The number of aliphatic hydroxyl groups excluding tert-OH is 1. The first kappa shape index (κ1) is 14.1. The number of ether oxygens (including phenoxy) is 1. The molecule has 0 aromatic heterocycles. The summed E-state index contributed by atoms with van der Waals surface area (Å²) in [5, 5.41) is 13.3. The Kier molecular flexibility index (Phi) is 5.43. The van der Waals surface area contributed by atoms with Gasteiger partial charge >= 0.3 is 0 Å². The van der Waals surface area contributed by atoms with Crippen LogP contribution in [0.1, 0.15) is 24.8 Å². The summed E-state index contributed by atoms with van der Waals surface area (Å²) in [5.41, 5.74) is 1.21. The molecule has 0 heterocycles. The van der Waals surface area contributed by atoms with Crippen LogP contribution in [0.5, 0.6) is 5.75 Å². The van der Waals surface area contributed by atoms with Gasteiger partial charge in [0.1, 0.15) is 18.5 Å². The Morgan fingerprint density at radius 3 is 2.79 bits per heavy atom. The molecule has 1 aromatic carbocycles. The first-order valence-corrected chi connectivity index (χ1v) is 7.00. The minimum Gasteiger partial charge on any atom is -0.491 e. The van der Waals surface area contributed by atoms with E-state index in [0.717, 1.165) is 25.0 Å². The van der Waals surface area contributed by atoms with Crippen LogP contribution in [0, 0.1) is 6.92 Å². The minimum atomic E-state index is -0.466. The quantitative estimate of drug-likeness (QED) is 0.773. The van der Waals surface area contributed by atoms with Crippen molar-refractivity contribution in [3.8, 4) is 5.75 Å². The smallest absolute Gasteiger partial charge is 0.119 e. The van der Waals surface area contributed by atoms with Crippen LogP contribution in [-0.2, 0) is 0 Å². The van der Waals surface area contributed by atoms with E-state index in [1.165, 1.54) is 5.56 Å². The van der Waals surface area contributed by atoms with E-state index >= 15 is 0 Å². The molecule has 2 unspecified atom stereocenters. The third-order valence-corrected chi connectivity index (χ3v) is 3.37. The first-order chi connectivity index (χ1) is 9.24. The van der Waals surface area contributed by atoms with Gasteiger partial charge in [0.15, 0.2) is 0 Å².